The van der Waals surface area contributed by atoms with Crippen LogP contribution in [0.1, 0.15) is 49.0 Å². The zero-order chi connectivity index (χ0) is 25.2. The van der Waals surface area contributed by atoms with E-state index >= 15 is 0 Å². The van der Waals surface area contributed by atoms with E-state index in [0.29, 0.717) is 42.4 Å². The van der Waals surface area contributed by atoms with Crippen molar-refractivity contribution in [3.63, 3.8) is 0 Å². The van der Waals surface area contributed by atoms with Gasteiger partial charge in [0.2, 0.25) is 0 Å². The minimum absolute atomic E-state index is 0.236. The van der Waals surface area contributed by atoms with Gasteiger partial charge >= 0.3 is 5.97 Å². The number of benzene rings is 3. The van der Waals surface area contributed by atoms with Crippen LogP contribution in [0.2, 0.25) is 5.02 Å². The Hall–Kier alpha value is -3.35. The minimum atomic E-state index is -1.39. The molecule has 0 aromatic heterocycles. The molecule has 0 bridgehead atoms. The van der Waals surface area contributed by atoms with Crippen molar-refractivity contribution in [2.24, 2.45) is 5.73 Å². The van der Waals surface area contributed by atoms with Gasteiger partial charge in [0.15, 0.2) is 6.10 Å². The summed E-state index contributed by atoms with van der Waals surface area (Å²) in [4.78, 5) is 23.4. The van der Waals surface area contributed by atoms with Crippen LogP contribution in [0.5, 0.6) is 5.75 Å². The summed E-state index contributed by atoms with van der Waals surface area (Å²) in [7, 11) is 0. The SMILES string of the molecule is CCCOC(=O)CCCOc1cc(-c2ccc(Cl)cc2)ccc1Cc1ccccc1C(O)C(N)=O. The van der Waals surface area contributed by atoms with E-state index in [2.05, 4.69) is 0 Å². The molecule has 1 atom stereocenters. The van der Waals surface area contributed by atoms with Gasteiger partial charge in [0.25, 0.3) is 5.91 Å². The molecule has 184 valence electrons. The van der Waals surface area contributed by atoms with Gasteiger partial charge in [-0.05, 0) is 58.9 Å². The first-order valence-electron chi connectivity index (χ1n) is 11.6. The largest absolute Gasteiger partial charge is 0.493 e. The number of hydrogen-bond donors (Lipinski definition) is 2. The Kier molecular flexibility index (Phi) is 9.70. The number of ether oxygens (including phenoxy) is 2. The normalized spacial score (nSPS) is 11.6. The van der Waals surface area contributed by atoms with Crippen LogP contribution in [0.4, 0.5) is 0 Å². The fourth-order valence-electron chi connectivity index (χ4n) is 3.66. The molecule has 3 N–H and O–H groups in total. The van der Waals surface area contributed by atoms with Crippen molar-refractivity contribution in [2.45, 2.75) is 38.7 Å². The van der Waals surface area contributed by atoms with Crippen LogP contribution in [0.25, 0.3) is 11.1 Å². The first kappa shape index (κ1) is 26.3. The van der Waals surface area contributed by atoms with Gasteiger partial charge in [-0.2, -0.15) is 0 Å². The van der Waals surface area contributed by atoms with Gasteiger partial charge in [-0.3, -0.25) is 9.59 Å². The second-order valence-electron chi connectivity index (χ2n) is 8.18. The maximum absolute atomic E-state index is 11.8. The van der Waals surface area contributed by atoms with Crippen molar-refractivity contribution < 1.29 is 24.2 Å². The highest BCUT2D eigenvalue weighted by atomic mass is 35.5. The lowest BCUT2D eigenvalue weighted by atomic mass is 9.94. The van der Waals surface area contributed by atoms with Crippen LogP contribution in [-0.4, -0.2) is 30.2 Å². The van der Waals surface area contributed by atoms with Crippen LogP contribution in [-0.2, 0) is 20.7 Å². The number of carbonyl (C=O) groups excluding carboxylic acids is 2. The van der Waals surface area contributed by atoms with E-state index in [1.165, 1.54) is 0 Å². The lowest BCUT2D eigenvalue weighted by Gasteiger charge is -2.17. The predicted octanol–water partition coefficient (Wildman–Crippen LogP) is 5.23. The second kappa shape index (κ2) is 12.9. The Morgan fingerprint density at radius 1 is 0.971 bits per heavy atom. The Morgan fingerprint density at radius 3 is 2.40 bits per heavy atom. The fourth-order valence-corrected chi connectivity index (χ4v) is 3.79. The molecule has 0 fully saturated rings. The first-order chi connectivity index (χ1) is 16.9. The number of rotatable bonds is 12. The predicted molar refractivity (Wildman–Crippen MR) is 136 cm³/mol. The lowest BCUT2D eigenvalue weighted by molar-refractivity contribution is -0.143. The molecule has 0 saturated heterocycles. The monoisotopic (exact) mass is 495 g/mol. The number of amides is 1. The molecule has 1 unspecified atom stereocenters. The van der Waals surface area contributed by atoms with Crippen molar-refractivity contribution in [3.05, 3.63) is 88.4 Å². The molecule has 0 saturated carbocycles. The zero-order valence-corrected chi connectivity index (χ0v) is 20.5. The molecule has 0 heterocycles. The summed E-state index contributed by atoms with van der Waals surface area (Å²) < 4.78 is 11.2. The number of halogens is 1. The highest BCUT2D eigenvalue weighted by Gasteiger charge is 2.18. The molecular formula is C28H30ClNO5. The van der Waals surface area contributed by atoms with Crippen LogP contribution in [0.3, 0.4) is 0 Å². The molecule has 0 spiro atoms. The lowest BCUT2D eigenvalue weighted by Crippen LogP contribution is -2.22. The van der Waals surface area contributed by atoms with Crippen molar-refractivity contribution in [1.29, 1.82) is 0 Å². The quantitative estimate of drug-likeness (QED) is 0.265. The van der Waals surface area contributed by atoms with Crippen molar-refractivity contribution in [3.8, 4) is 16.9 Å². The van der Waals surface area contributed by atoms with Gasteiger partial charge in [-0.15, -0.1) is 0 Å². The van der Waals surface area contributed by atoms with Crippen LogP contribution >= 0.6 is 11.6 Å². The van der Waals surface area contributed by atoms with Crippen LogP contribution in [0.15, 0.2) is 66.7 Å². The molecule has 0 aliphatic carbocycles. The van der Waals surface area contributed by atoms with E-state index in [0.717, 1.165) is 28.7 Å². The summed E-state index contributed by atoms with van der Waals surface area (Å²) in [5.41, 5.74) is 9.38. The van der Waals surface area contributed by atoms with E-state index in [-0.39, 0.29) is 12.4 Å². The van der Waals surface area contributed by atoms with Crippen molar-refractivity contribution >= 4 is 23.5 Å². The molecule has 3 aromatic rings. The topological polar surface area (TPSA) is 98.8 Å². The fraction of sp³-hybridized carbons (Fsp3) is 0.286. The summed E-state index contributed by atoms with van der Waals surface area (Å²) in [6.45, 7) is 2.71. The maximum atomic E-state index is 11.8. The smallest absolute Gasteiger partial charge is 0.305 e. The molecule has 0 aliphatic rings. The zero-order valence-electron chi connectivity index (χ0n) is 19.7. The number of nitrogens with two attached hydrogens (primary N) is 1. The van der Waals surface area contributed by atoms with E-state index in [1.807, 2.05) is 61.5 Å². The van der Waals surface area contributed by atoms with Gasteiger partial charge in [0.1, 0.15) is 5.75 Å². The van der Waals surface area contributed by atoms with Crippen LogP contribution in [0, 0.1) is 0 Å². The molecule has 1 amide bonds. The highest BCUT2D eigenvalue weighted by Crippen LogP contribution is 2.31. The Morgan fingerprint density at radius 2 is 1.69 bits per heavy atom. The molecule has 0 radical (unpaired) electrons. The number of carbonyl (C=O) groups is 2. The van der Waals surface area contributed by atoms with Gasteiger partial charge < -0.3 is 20.3 Å². The summed E-state index contributed by atoms with van der Waals surface area (Å²) in [6.07, 6.45) is 0.618. The van der Waals surface area contributed by atoms with Crippen LogP contribution < -0.4 is 10.5 Å². The molecule has 6 nitrogen and oxygen atoms in total. The van der Waals surface area contributed by atoms with Crippen molar-refractivity contribution in [1.82, 2.24) is 0 Å². The first-order valence-corrected chi connectivity index (χ1v) is 12.0. The molecule has 3 aromatic carbocycles. The standard InChI is InChI=1S/C28H30ClNO5/c1-2-15-35-26(31)8-5-16-34-25-18-20(19-11-13-23(29)14-12-19)9-10-22(25)17-21-6-3-4-7-24(21)27(32)28(30)33/h3-4,6-7,9-14,18,27,32H,2,5,8,15-17H2,1H3,(H2,30,33). The molecule has 0 aliphatic heterocycles. The molecule has 35 heavy (non-hydrogen) atoms. The average Bonchev–Trinajstić information content (AvgIpc) is 2.86. The second-order valence-corrected chi connectivity index (χ2v) is 8.62. The number of esters is 1. The third-order valence-corrected chi connectivity index (χ3v) is 5.75. The van der Waals surface area contributed by atoms with E-state index in [9.17, 15) is 14.7 Å². The summed E-state index contributed by atoms with van der Waals surface area (Å²) in [5, 5.41) is 10.9. The number of aliphatic hydroxyl groups excluding tert-OH is 1. The number of primary amides is 1. The van der Waals surface area contributed by atoms with E-state index in [1.54, 1.807) is 12.1 Å². The maximum Gasteiger partial charge on any atom is 0.305 e. The Balaban J connectivity index is 1.84. The molecule has 7 heteroatoms. The molecular weight excluding hydrogens is 466 g/mol. The summed E-state index contributed by atoms with van der Waals surface area (Å²) in [5.74, 6) is -0.385. The van der Waals surface area contributed by atoms with Gasteiger partial charge in [-0.25, -0.2) is 0 Å². The van der Waals surface area contributed by atoms with Crippen molar-refractivity contribution in [2.75, 3.05) is 13.2 Å². The number of hydrogen-bond acceptors (Lipinski definition) is 5. The Labute approximate surface area is 210 Å². The molecule has 3 rings (SSSR count). The Bertz CT molecular complexity index is 1150. The average molecular weight is 496 g/mol. The third-order valence-electron chi connectivity index (χ3n) is 5.49. The highest BCUT2D eigenvalue weighted by molar-refractivity contribution is 6.30. The van der Waals surface area contributed by atoms with Gasteiger partial charge in [0.05, 0.1) is 13.2 Å². The summed E-state index contributed by atoms with van der Waals surface area (Å²) >= 11 is 6.03. The van der Waals surface area contributed by atoms with E-state index in [4.69, 9.17) is 26.8 Å². The minimum Gasteiger partial charge on any atom is -0.493 e. The third kappa shape index (κ3) is 7.57. The van der Waals surface area contributed by atoms with E-state index < -0.39 is 12.0 Å². The number of aliphatic hydroxyl groups is 1. The van der Waals surface area contributed by atoms with Gasteiger partial charge in [-0.1, -0.05) is 67.1 Å². The van der Waals surface area contributed by atoms with Gasteiger partial charge in [0, 0.05) is 17.9 Å². The summed E-state index contributed by atoms with van der Waals surface area (Å²) in [6, 6.07) is 20.6.